The molecule has 1 atom stereocenters. The number of carbonyl (C=O) groups excluding carboxylic acids is 1. The van der Waals surface area contributed by atoms with E-state index in [1.54, 1.807) is 0 Å². The van der Waals surface area contributed by atoms with E-state index >= 15 is 0 Å². The van der Waals surface area contributed by atoms with Crippen molar-refractivity contribution in [3.63, 3.8) is 0 Å². The van der Waals surface area contributed by atoms with Gasteiger partial charge < -0.3 is 24.6 Å². The summed E-state index contributed by atoms with van der Waals surface area (Å²) in [4.78, 5) is 34.3. The third-order valence-electron chi connectivity index (χ3n) is 6.09. The van der Waals surface area contributed by atoms with Crippen LogP contribution in [0.5, 0.6) is 0 Å². The van der Waals surface area contributed by atoms with Crippen molar-refractivity contribution in [2.45, 2.75) is 31.5 Å². The lowest BCUT2D eigenvalue weighted by Gasteiger charge is -2.38. The maximum Gasteiger partial charge on any atom is 0.328 e. The van der Waals surface area contributed by atoms with Crippen LogP contribution in [-0.2, 0) is 19.1 Å². The van der Waals surface area contributed by atoms with E-state index in [-0.39, 0.29) is 11.6 Å². The first-order chi connectivity index (χ1) is 16.8. The van der Waals surface area contributed by atoms with E-state index in [1.807, 2.05) is 42.5 Å². The van der Waals surface area contributed by atoms with Crippen LogP contribution in [0.25, 0.3) is 0 Å². The molecule has 8 nitrogen and oxygen atoms in total. The van der Waals surface area contributed by atoms with Crippen molar-refractivity contribution < 1.29 is 34.1 Å². The smallest absolute Gasteiger partial charge is 0.328 e. The number of likely N-dealkylation sites (tertiary alicyclic amines) is 1. The number of benzene rings is 2. The molecule has 2 saturated heterocycles. The predicted molar refractivity (Wildman–Crippen MR) is 129 cm³/mol. The molecule has 8 heteroatoms. The van der Waals surface area contributed by atoms with E-state index < -0.39 is 11.9 Å². The average molecular weight is 482 g/mol. The molecule has 2 aliphatic rings. The number of carboxylic acid groups (broad SMARTS) is 2. The van der Waals surface area contributed by atoms with Crippen LogP contribution in [0.15, 0.2) is 66.7 Å². The molecule has 2 aromatic rings. The van der Waals surface area contributed by atoms with Crippen molar-refractivity contribution in [3.8, 4) is 0 Å². The van der Waals surface area contributed by atoms with Crippen molar-refractivity contribution in [3.05, 3.63) is 83.4 Å². The van der Waals surface area contributed by atoms with E-state index in [9.17, 15) is 14.4 Å². The first-order valence-corrected chi connectivity index (χ1v) is 11.6. The summed E-state index contributed by atoms with van der Waals surface area (Å²) in [6.45, 7) is 6.65. The third kappa shape index (κ3) is 7.85. The zero-order valence-electron chi connectivity index (χ0n) is 19.8. The zero-order chi connectivity index (χ0) is 25.3. The van der Waals surface area contributed by atoms with Crippen LogP contribution in [0.4, 0.5) is 0 Å². The average Bonchev–Trinajstić information content (AvgIpc) is 3.33. The van der Waals surface area contributed by atoms with E-state index in [0.29, 0.717) is 18.1 Å². The molecular formula is C27H31NO7. The second-order valence-corrected chi connectivity index (χ2v) is 8.64. The Morgan fingerprint density at radius 1 is 0.914 bits per heavy atom. The monoisotopic (exact) mass is 481 g/mol. The van der Waals surface area contributed by atoms with Crippen LogP contribution in [0.3, 0.4) is 0 Å². The molecule has 2 fully saturated rings. The van der Waals surface area contributed by atoms with Gasteiger partial charge in [-0.25, -0.2) is 9.59 Å². The van der Waals surface area contributed by atoms with Crippen molar-refractivity contribution in [1.82, 2.24) is 4.90 Å². The number of ketones is 1. The van der Waals surface area contributed by atoms with Crippen molar-refractivity contribution in [1.29, 1.82) is 0 Å². The van der Waals surface area contributed by atoms with Gasteiger partial charge in [0.1, 0.15) is 0 Å². The van der Waals surface area contributed by atoms with Gasteiger partial charge in [0.2, 0.25) is 0 Å². The van der Waals surface area contributed by atoms with Crippen molar-refractivity contribution in [2.24, 2.45) is 0 Å². The number of hydrogen-bond acceptors (Lipinski definition) is 6. The molecule has 186 valence electrons. The standard InChI is InChI=1S/C23H27NO3.C4H4O4/c1-18(17-24-12-10-23(11-13-24)26-14-15-27-23)20-8-5-9-21(16-20)22(25)19-6-3-2-4-7-19;5-3(6)1-2-4(7)8/h2-9,16,18H,10-15,17H2,1H3;1-2H,(H,5,6)(H,7,8)/b;2-1+. The second-order valence-electron chi connectivity index (χ2n) is 8.64. The van der Waals surface area contributed by atoms with E-state index in [1.165, 1.54) is 5.56 Å². The van der Waals surface area contributed by atoms with Gasteiger partial charge in [-0.1, -0.05) is 55.5 Å². The van der Waals surface area contributed by atoms with Crippen LogP contribution in [-0.4, -0.2) is 71.5 Å². The van der Waals surface area contributed by atoms with Crippen LogP contribution < -0.4 is 0 Å². The van der Waals surface area contributed by atoms with Crippen LogP contribution in [0.2, 0.25) is 0 Å². The van der Waals surface area contributed by atoms with Gasteiger partial charge in [0.25, 0.3) is 0 Å². The summed E-state index contributed by atoms with van der Waals surface area (Å²) in [6, 6.07) is 17.6. The minimum atomic E-state index is -1.26. The Morgan fingerprint density at radius 3 is 2.06 bits per heavy atom. The Hall–Kier alpha value is -3.33. The maximum atomic E-state index is 12.7. The van der Waals surface area contributed by atoms with Gasteiger partial charge in [0.15, 0.2) is 11.6 Å². The lowest BCUT2D eigenvalue weighted by Crippen LogP contribution is -2.46. The minimum Gasteiger partial charge on any atom is -0.478 e. The Bertz CT molecular complexity index is 1020. The lowest BCUT2D eigenvalue weighted by molar-refractivity contribution is -0.185. The number of rotatable bonds is 7. The van der Waals surface area contributed by atoms with Gasteiger partial charge in [-0.15, -0.1) is 0 Å². The summed E-state index contributed by atoms with van der Waals surface area (Å²) < 4.78 is 11.6. The molecule has 0 amide bonds. The fraction of sp³-hybridized carbons (Fsp3) is 0.370. The van der Waals surface area contributed by atoms with Crippen LogP contribution in [0.1, 0.15) is 47.2 Å². The molecule has 0 radical (unpaired) electrons. The predicted octanol–water partition coefficient (Wildman–Crippen LogP) is 3.57. The molecule has 2 N–H and O–H groups in total. The Kier molecular flexibility index (Phi) is 9.31. The highest BCUT2D eigenvalue weighted by atomic mass is 16.7. The van der Waals surface area contributed by atoms with Crippen LogP contribution >= 0.6 is 0 Å². The molecule has 2 heterocycles. The van der Waals surface area contributed by atoms with E-state index in [0.717, 1.165) is 56.8 Å². The lowest BCUT2D eigenvalue weighted by atomic mass is 9.94. The molecule has 0 aliphatic carbocycles. The largest absolute Gasteiger partial charge is 0.478 e. The fourth-order valence-corrected chi connectivity index (χ4v) is 4.24. The fourth-order valence-electron chi connectivity index (χ4n) is 4.24. The molecule has 1 spiro atoms. The highest BCUT2D eigenvalue weighted by Crippen LogP contribution is 2.32. The molecular weight excluding hydrogens is 450 g/mol. The topological polar surface area (TPSA) is 113 Å². The van der Waals surface area contributed by atoms with Gasteiger partial charge in [0.05, 0.1) is 13.2 Å². The van der Waals surface area contributed by atoms with E-state index in [4.69, 9.17) is 19.7 Å². The summed E-state index contributed by atoms with van der Waals surface area (Å²) in [5, 5.41) is 15.6. The summed E-state index contributed by atoms with van der Waals surface area (Å²) in [6.07, 6.45) is 2.99. The molecule has 4 rings (SSSR count). The summed E-state index contributed by atoms with van der Waals surface area (Å²) in [5.41, 5.74) is 2.71. The van der Waals surface area contributed by atoms with Gasteiger partial charge in [-0.2, -0.15) is 0 Å². The van der Waals surface area contributed by atoms with Gasteiger partial charge in [-0.3, -0.25) is 4.79 Å². The summed E-state index contributed by atoms with van der Waals surface area (Å²) in [7, 11) is 0. The number of aliphatic carboxylic acids is 2. The number of carbonyl (C=O) groups is 3. The zero-order valence-corrected chi connectivity index (χ0v) is 19.8. The molecule has 0 aromatic heterocycles. The Balaban J connectivity index is 0.000000371. The van der Waals surface area contributed by atoms with Crippen molar-refractivity contribution in [2.75, 3.05) is 32.8 Å². The second kappa shape index (κ2) is 12.4. The summed E-state index contributed by atoms with van der Waals surface area (Å²) in [5.74, 6) is -2.38. The minimum absolute atomic E-state index is 0.0834. The SMILES string of the molecule is CC(CN1CCC2(CC1)OCCO2)c1cccc(C(=O)c2ccccc2)c1.O=C(O)/C=C/C(=O)O. The molecule has 0 saturated carbocycles. The van der Waals surface area contributed by atoms with Gasteiger partial charge >= 0.3 is 11.9 Å². The van der Waals surface area contributed by atoms with Gasteiger partial charge in [0, 0.05) is 55.8 Å². The molecule has 1 unspecified atom stereocenters. The Labute approximate surface area is 204 Å². The molecule has 35 heavy (non-hydrogen) atoms. The number of carboxylic acids is 2. The highest BCUT2D eigenvalue weighted by Gasteiger charge is 2.39. The number of hydrogen-bond donors (Lipinski definition) is 2. The molecule has 2 aliphatic heterocycles. The number of ether oxygens (including phenoxy) is 2. The molecule has 2 aromatic carbocycles. The first-order valence-electron chi connectivity index (χ1n) is 11.6. The summed E-state index contributed by atoms with van der Waals surface area (Å²) >= 11 is 0. The first kappa shape index (κ1) is 26.3. The number of nitrogens with zero attached hydrogens (tertiary/aromatic N) is 1. The third-order valence-corrected chi connectivity index (χ3v) is 6.09. The van der Waals surface area contributed by atoms with E-state index in [2.05, 4.69) is 24.0 Å². The highest BCUT2D eigenvalue weighted by molar-refractivity contribution is 6.09. The normalized spacial score (nSPS) is 18.1. The van der Waals surface area contributed by atoms with Crippen molar-refractivity contribution >= 4 is 17.7 Å². The number of piperidine rings is 1. The molecule has 0 bridgehead atoms. The maximum absolute atomic E-state index is 12.7. The Morgan fingerprint density at radius 2 is 1.49 bits per heavy atom. The van der Waals surface area contributed by atoms with Gasteiger partial charge in [-0.05, 0) is 17.5 Å². The van der Waals surface area contributed by atoms with Crippen LogP contribution in [0, 0.1) is 0 Å². The quantitative estimate of drug-likeness (QED) is 0.456.